The maximum Gasteiger partial charge on any atom is 0.257 e. The Morgan fingerprint density at radius 3 is 2.22 bits per heavy atom. The zero-order valence-corrected chi connectivity index (χ0v) is 22.7. The average molecular weight is 564 g/mol. The van der Waals surface area contributed by atoms with E-state index in [1.54, 1.807) is 0 Å². The summed E-state index contributed by atoms with van der Waals surface area (Å²) in [5.41, 5.74) is 1.79. The highest BCUT2D eigenvalue weighted by Gasteiger charge is 2.58. The van der Waals surface area contributed by atoms with Crippen LogP contribution in [0.2, 0.25) is 0 Å². The van der Waals surface area contributed by atoms with Gasteiger partial charge in [-0.15, -0.1) is 0 Å². The van der Waals surface area contributed by atoms with Gasteiger partial charge in [-0.05, 0) is 24.1 Å². The van der Waals surface area contributed by atoms with Crippen molar-refractivity contribution < 1.29 is 27.5 Å². The van der Waals surface area contributed by atoms with Crippen LogP contribution in [0.15, 0.2) is 66.7 Å². The van der Waals surface area contributed by atoms with Gasteiger partial charge in [0.2, 0.25) is 11.7 Å². The van der Waals surface area contributed by atoms with Crippen molar-refractivity contribution in [2.75, 3.05) is 32.8 Å². The molecular formula is C32H32F3N3O3. The van der Waals surface area contributed by atoms with E-state index in [2.05, 4.69) is 34.5 Å². The van der Waals surface area contributed by atoms with Gasteiger partial charge in [-0.2, -0.15) is 4.39 Å². The van der Waals surface area contributed by atoms with E-state index in [0.29, 0.717) is 25.7 Å². The predicted octanol–water partition coefficient (Wildman–Crippen LogP) is 4.61. The molecule has 2 saturated heterocycles. The molecule has 3 aromatic carbocycles. The minimum absolute atomic E-state index is 0.000280. The second kappa shape index (κ2) is 11.2. The number of hydrogen-bond donors (Lipinski definition) is 1. The van der Waals surface area contributed by atoms with Crippen molar-refractivity contribution >= 4 is 11.8 Å². The lowest BCUT2D eigenvalue weighted by Gasteiger charge is -2.23. The van der Waals surface area contributed by atoms with Crippen LogP contribution in [-0.4, -0.2) is 60.4 Å². The fourth-order valence-electron chi connectivity index (χ4n) is 6.51. The first-order chi connectivity index (χ1) is 19.9. The van der Waals surface area contributed by atoms with Gasteiger partial charge in [0, 0.05) is 56.5 Å². The molecule has 2 aliphatic heterocycles. The van der Waals surface area contributed by atoms with Crippen molar-refractivity contribution in [2.24, 2.45) is 17.8 Å². The summed E-state index contributed by atoms with van der Waals surface area (Å²) in [6.45, 7) is 4.25. The van der Waals surface area contributed by atoms with Crippen molar-refractivity contribution in [1.82, 2.24) is 15.1 Å². The van der Waals surface area contributed by atoms with Crippen molar-refractivity contribution in [3.8, 4) is 5.75 Å². The fraction of sp³-hybridized carbons (Fsp3) is 0.375. The molecule has 0 bridgehead atoms. The number of halogens is 3. The lowest BCUT2D eigenvalue weighted by Crippen LogP contribution is -2.41. The number of rotatable bonds is 8. The summed E-state index contributed by atoms with van der Waals surface area (Å²) < 4.78 is 47.8. The van der Waals surface area contributed by atoms with Crippen LogP contribution >= 0.6 is 0 Å². The SMILES string of the molecule is CCOc1c(F)c(F)cc(C(=O)N2C[C@@H]3C(NC(=O)[C@@H]4CN(Cc5ccccc5)C[C@H]4c4ccccc4)[C@@H]3C2)c1F. The Bertz CT molecular complexity index is 1430. The van der Waals surface area contributed by atoms with Gasteiger partial charge in [0.25, 0.3) is 5.91 Å². The van der Waals surface area contributed by atoms with Gasteiger partial charge >= 0.3 is 0 Å². The molecular weight excluding hydrogens is 531 g/mol. The molecule has 1 N–H and O–H groups in total. The van der Waals surface area contributed by atoms with Crippen LogP contribution in [0.5, 0.6) is 5.75 Å². The summed E-state index contributed by atoms with van der Waals surface area (Å²) >= 11 is 0. The standard InChI is InChI=1S/C32H32F3N3O3/c1-2-41-30-27(34)21(13-26(33)28(30)35)32(40)38-17-23-24(18-38)29(23)36-31(39)25-16-37(14-19-9-5-3-6-10-19)15-22(25)20-11-7-4-8-12-20/h3-13,22-25,29H,2,14-18H2,1H3,(H,36,39)/t22-,23-,24+,25+,29?/m0/s1. The Morgan fingerprint density at radius 2 is 1.56 bits per heavy atom. The Hall–Kier alpha value is -3.85. The lowest BCUT2D eigenvalue weighted by atomic mass is 9.88. The molecule has 3 fully saturated rings. The highest BCUT2D eigenvalue weighted by atomic mass is 19.2. The fourth-order valence-corrected chi connectivity index (χ4v) is 6.51. The quantitative estimate of drug-likeness (QED) is 0.407. The topological polar surface area (TPSA) is 61.9 Å². The minimum Gasteiger partial charge on any atom is -0.488 e. The Kier molecular flexibility index (Phi) is 7.46. The molecule has 2 amide bonds. The van der Waals surface area contributed by atoms with Crippen molar-refractivity contribution in [1.29, 1.82) is 0 Å². The number of carbonyl (C=O) groups is 2. The van der Waals surface area contributed by atoms with Crippen LogP contribution in [0, 0.1) is 35.2 Å². The van der Waals surface area contributed by atoms with Crippen LogP contribution in [0.1, 0.15) is 34.3 Å². The largest absolute Gasteiger partial charge is 0.488 e. The highest BCUT2D eigenvalue weighted by molar-refractivity contribution is 5.95. The van der Waals surface area contributed by atoms with Gasteiger partial charge < -0.3 is 15.0 Å². The second-order valence-corrected chi connectivity index (χ2v) is 11.2. The zero-order valence-electron chi connectivity index (χ0n) is 22.7. The van der Waals surface area contributed by atoms with Crippen LogP contribution in [0.4, 0.5) is 13.2 Å². The third-order valence-electron chi connectivity index (χ3n) is 8.63. The number of fused-ring (bicyclic) bond motifs is 1. The monoisotopic (exact) mass is 563 g/mol. The summed E-state index contributed by atoms with van der Waals surface area (Å²) in [5, 5.41) is 3.23. The number of carbonyl (C=O) groups excluding carboxylic acids is 2. The van der Waals surface area contributed by atoms with E-state index < -0.39 is 34.7 Å². The Morgan fingerprint density at radius 1 is 0.902 bits per heavy atom. The first kappa shape index (κ1) is 27.3. The molecule has 1 unspecified atom stereocenters. The van der Waals surface area contributed by atoms with E-state index in [0.717, 1.165) is 18.7 Å². The molecule has 0 aromatic heterocycles. The number of nitrogens with zero attached hydrogens (tertiary/aromatic N) is 2. The molecule has 5 atom stereocenters. The maximum atomic E-state index is 14.8. The van der Waals surface area contributed by atoms with Gasteiger partial charge in [0.1, 0.15) is 0 Å². The number of ether oxygens (including phenoxy) is 1. The zero-order chi connectivity index (χ0) is 28.7. The van der Waals surface area contributed by atoms with Gasteiger partial charge in [-0.1, -0.05) is 60.7 Å². The summed E-state index contributed by atoms with van der Waals surface area (Å²) in [4.78, 5) is 30.4. The molecule has 9 heteroatoms. The number of nitrogens with one attached hydrogen (secondary N) is 1. The maximum absolute atomic E-state index is 14.8. The highest BCUT2D eigenvalue weighted by Crippen LogP contribution is 2.47. The lowest BCUT2D eigenvalue weighted by molar-refractivity contribution is -0.125. The van der Waals surface area contributed by atoms with Gasteiger partial charge in [-0.3, -0.25) is 14.5 Å². The van der Waals surface area contributed by atoms with E-state index in [4.69, 9.17) is 4.74 Å². The van der Waals surface area contributed by atoms with Crippen LogP contribution in [0.25, 0.3) is 0 Å². The Labute approximate surface area is 237 Å². The first-order valence-corrected chi connectivity index (χ1v) is 14.1. The summed E-state index contributed by atoms with van der Waals surface area (Å²) in [5.74, 6) is -5.64. The normalized spacial score (nSPS) is 25.2. The van der Waals surface area contributed by atoms with E-state index >= 15 is 0 Å². The molecule has 1 aliphatic carbocycles. The average Bonchev–Trinajstić information content (AvgIpc) is 3.31. The molecule has 0 radical (unpaired) electrons. The molecule has 214 valence electrons. The number of likely N-dealkylation sites (tertiary alicyclic amines) is 2. The Balaban J connectivity index is 1.10. The summed E-state index contributed by atoms with van der Waals surface area (Å²) in [7, 11) is 0. The molecule has 41 heavy (non-hydrogen) atoms. The molecule has 6 nitrogen and oxygen atoms in total. The van der Waals surface area contributed by atoms with Crippen LogP contribution < -0.4 is 10.1 Å². The molecule has 3 aliphatic rings. The number of benzene rings is 3. The molecule has 3 aromatic rings. The molecule has 2 heterocycles. The van der Waals surface area contributed by atoms with Crippen molar-refractivity contribution in [2.45, 2.75) is 25.4 Å². The summed E-state index contributed by atoms with van der Waals surface area (Å²) in [6, 6.07) is 20.8. The number of amides is 2. The first-order valence-electron chi connectivity index (χ1n) is 14.1. The van der Waals surface area contributed by atoms with E-state index in [-0.39, 0.29) is 42.2 Å². The number of hydrogen-bond acceptors (Lipinski definition) is 4. The third kappa shape index (κ3) is 5.30. The number of piperidine rings is 1. The molecule has 0 spiro atoms. The van der Waals surface area contributed by atoms with Crippen LogP contribution in [0.3, 0.4) is 0 Å². The van der Waals surface area contributed by atoms with Gasteiger partial charge in [0.15, 0.2) is 17.4 Å². The van der Waals surface area contributed by atoms with E-state index in [1.807, 2.05) is 36.4 Å². The van der Waals surface area contributed by atoms with Crippen molar-refractivity contribution in [3.05, 3.63) is 101 Å². The third-order valence-corrected chi connectivity index (χ3v) is 8.63. The molecule has 1 saturated carbocycles. The van der Waals surface area contributed by atoms with Gasteiger partial charge in [0.05, 0.1) is 18.1 Å². The smallest absolute Gasteiger partial charge is 0.257 e. The minimum atomic E-state index is -1.45. The van der Waals surface area contributed by atoms with Gasteiger partial charge in [-0.25, -0.2) is 8.78 Å². The second-order valence-electron chi connectivity index (χ2n) is 11.2. The van der Waals surface area contributed by atoms with Crippen molar-refractivity contribution in [3.63, 3.8) is 0 Å². The predicted molar refractivity (Wildman–Crippen MR) is 147 cm³/mol. The van der Waals surface area contributed by atoms with E-state index in [9.17, 15) is 22.8 Å². The molecule has 6 rings (SSSR count). The van der Waals surface area contributed by atoms with E-state index in [1.165, 1.54) is 17.4 Å². The summed E-state index contributed by atoms with van der Waals surface area (Å²) in [6.07, 6.45) is 0. The van der Waals surface area contributed by atoms with Crippen LogP contribution in [-0.2, 0) is 11.3 Å².